The van der Waals surface area contributed by atoms with Crippen molar-refractivity contribution in [2.24, 2.45) is 22.6 Å². The Morgan fingerprint density at radius 2 is 2.21 bits per heavy atom. The van der Waals surface area contributed by atoms with E-state index in [9.17, 15) is 4.79 Å². The highest BCUT2D eigenvalue weighted by Crippen LogP contribution is 2.40. The van der Waals surface area contributed by atoms with Crippen LogP contribution < -0.4 is 5.73 Å². The van der Waals surface area contributed by atoms with Crippen LogP contribution in [0.15, 0.2) is 4.99 Å². The number of rotatable bonds is 0. The summed E-state index contributed by atoms with van der Waals surface area (Å²) in [6.07, 6.45) is 2.16. The largest absolute Gasteiger partial charge is 0.436 e. The van der Waals surface area contributed by atoms with Crippen LogP contribution in [0.1, 0.15) is 33.1 Å². The molecule has 4 nitrogen and oxygen atoms in total. The van der Waals surface area contributed by atoms with E-state index >= 15 is 0 Å². The quantitative estimate of drug-likeness (QED) is 0.641. The van der Waals surface area contributed by atoms with Gasteiger partial charge in [-0.2, -0.15) is 4.99 Å². The van der Waals surface area contributed by atoms with E-state index in [0.717, 1.165) is 19.3 Å². The van der Waals surface area contributed by atoms with Crippen molar-refractivity contribution in [2.75, 3.05) is 0 Å². The lowest BCUT2D eigenvalue weighted by Crippen LogP contribution is -2.47. The van der Waals surface area contributed by atoms with Crippen molar-refractivity contribution >= 4 is 11.9 Å². The van der Waals surface area contributed by atoms with Gasteiger partial charge >= 0.3 is 6.09 Å². The number of ether oxygens (including phenoxy) is 1. The average Bonchev–Trinajstić information content (AvgIpc) is 2.36. The Morgan fingerprint density at radius 1 is 1.50 bits per heavy atom. The molecule has 0 bridgehead atoms. The molecule has 1 spiro atoms. The maximum absolute atomic E-state index is 11.0. The molecule has 1 aliphatic heterocycles. The highest BCUT2D eigenvalue weighted by atomic mass is 16.6. The standard InChI is InChI=1S/C10H16N2O2/c1-6-3-4-10(5-7(6)2)8(11)12-9(13)14-10/h6-7H,3-5H2,1-2H3,(H2,11,12,13). The molecule has 14 heavy (non-hydrogen) atoms. The second-order valence-electron chi connectivity index (χ2n) is 4.56. The highest BCUT2D eigenvalue weighted by Gasteiger charge is 2.47. The Balaban J connectivity index is 2.19. The minimum absolute atomic E-state index is 0.376. The van der Waals surface area contributed by atoms with Crippen LogP contribution >= 0.6 is 0 Å². The van der Waals surface area contributed by atoms with Crippen molar-refractivity contribution in [1.29, 1.82) is 0 Å². The summed E-state index contributed by atoms with van der Waals surface area (Å²) in [7, 11) is 0. The van der Waals surface area contributed by atoms with Gasteiger partial charge in [0, 0.05) is 0 Å². The minimum atomic E-state index is -0.566. The number of carbonyl (C=O) groups excluding carboxylic acids is 1. The van der Waals surface area contributed by atoms with Crippen LogP contribution in [0.3, 0.4) is 0 Å². The molecule has 0 aromatic carbocycles. The maximum atomic E-state index is 11.0. The molecule has 3 unspecified atom stereocenters. The summed E-state index contributed by atoms with van der Waals surface area (Å²) in [5.41, 5.74) is 5.18. The second-order valence-corrected chi connectivity index (χ2v) is 4.56. The van der Waals surface area contributed by atoms with Crippen LogP contribution in [0.5, 0.6) is 0 Å². The molecule has 0 aromatic heterocycles. The minimum Gasteiger partial charge on any atom is -0.433 e. The summed E-state index contributed by atoms with van der Waals surface area (Å²) in [6.45, 7) is 4.40. The van der Waals surface area contributed by atoms with Crippen LogP contribution in [0, 0.1) is 11.8 Å². The molecule has 1 amide bonds. The maximum Gasteiger partial charge on any atom is 0.436 e. The molecule has 1 heterocycles. The van der Waals surface area contributed by atoms with E-state index in [1.807, 2.05) is 0 Å². The fourth-order valence-electron chi connectivity index (χ4n) is 2.34. The van der Waals surface area contributed by atoms with Gasteiger partial charge in [0.1, 0.15) is 0 Å². The molecular weight excluding hydrogens is 180 g/mol. The molecule has 2 aliphatic rings. The molecule has 2 N–H and O–H groups in total. The van der Waals surface area contributed by atoms with Crippen LogP contribution in [0.2, 0.25) is 0 Å². The molecule has 2 rings (SSSR count). The van der Waals surface area contributed by atoms with Gasteiger partial charge in [0.15, 0.2) is 11.4 Å². The molecule has 4 heteroatoms. The average molecular weight is 196 g/mol. The second kappa shape index (κ2) is 2.97. The van der Waals surface area contributed by atoms with Gasteiger partial charge in [-0.25, -0.2) is 4.79 Å². The van der Waals surface area contributed by atoms with E-state index in [1.54, 1.807) is 0 Å². The summed E-state index contributed by atoms with van der Waals surface area (Å²) < 4.78 is 5.25. The first-order valence-electron chi connectivity index (χ1n) is 5.11. The first-order valence-corrected chi connectivity index (χ1v) is 5.11. The summed E-state index contributed by atoms with van der Waals surface area (Å²) in [4.78, 5) is 14.7. The zero-order chi connectivity index (χ0) is 10.3. The molecule has 3 atom stereocenters. The predicted octanol–water partition coefficient (Wildman–Crippen LogP) is 1.69. The summed E-state index contributed by atoms with van der Waals surface area (Å²) in [5, 5.41) is 0. The summed E-state index contributed by atoms with van der Waals surface area (Å²) >= 11 is 0. The number of carbonyl (C=O) groups is 1. The predicted molar refractivity (Wildman–Crippen MR) is 53.0 cm³/mol. The van der Waals surface area contributed by atoms with Crippen molar-refractivity contribution in [1.82, 2.24) is 0 Å². The zero-order valence-corrected chi connectivity index (χ0v) is 8.62. The third-order valence-electron chi connectivity index (χ3n) is 3.59. The summed E-state index contributed by atoms with van der Waals surface area (Å²) in [6, 6.07) is 0. The van der Waals surface area contributed by atoms with Gasteiger partial charge in [0.05, 0.1) is 0 Å². The lowest BCUT2D eigenvalue weighted by Gasteiger charge is -2.38. The van der Waals surface area contributed by atoms with E-state index in [2.05, 4.69) is 18.8 Å². The van der Waals surface area contributed by atoms with Crippen molar-refractivity contribution in [3.05, 3.63) is 0 Å². The van der Waals surface area contributed by atoms with Crippen molar-refractivity contribution in [3.8, 4) is 0 Å². The third kappa shape index (κ3) is 1.29. The molecule has 78 valence electrons. The van der Waals surface area contributed by atoms with Gasteiger partial charge in [-0.05, 0) is 31.1 Å². The van der Waals surface area contributed by atoms with Gasteiger partial charge in [0.25, 0.3) is 0 Å². The number of nitrogens with zero attached hydrogens (tertiary/aromatic N) is 1. The zero-order valence-electron chi connectivity index (χ0n) is 8.62. The molecule has 1 aliphatic carbocycles. The Bertz CT molecular complexity index is 300. The Morgan fingerprint density at radius 3 is 2.71 bits per heavy atom. The fraction of sp³-hybridized carbons (Fsp3) is 0.800. The van der Waals surface area contributed by atoms with Crippen LogP contribution in [-0.4, -0.2) is 17.5 Å². The van der Waals surface area contributed by atoms with Gasteiger partial charge in [-0.1, -0.05) is 13.8 Å². The normalized spacial score (nSPS) is 42.4. The van der Waals surface area contributed by atoms with E-state index in [-0.39, 0.29) is 0 Å². The van der Waals surface area contributed by atoms with Crippen LogP contribution in [0.4, 0.5) is 4.79 Å². The molecular formula is C10H16N2O2. The molecule has 0 radical (unpaired) electrons. The Kier molecular flexibility index (Phi) is 2.01. The molecule has 0 aromatic rings. The van der Waals surface area contributed by atoms with Gasteiger partial charge in [-0.3, -0.25) is 0 Å². The monoisotopic (exact) mass is 196 g/mol. The van der Waals surface area contributed by atoms with Gasteiger partial charge in [-0.15, -0.1) is 0 Å². The fourth-order valence-corrected chi connectivity index (χ4v) is 2.34. The number of aliphatic imine (C=N–C) groups is 1. The number of hydrogen-bond donors (Lipinski definition) is 1. The van der Waals surface area contributed by atoms with Crippen molar-refractivity contribution in [2.45, 2.75) is 38.7 Å². The van der Waals surface area contributed by atoms with E-state index in [1.165, 1.54) is 0 Å². The summed E-state index contributed by atoms with van der Waals surface area (Å²) in [5.74, 6) is 1.58. The highest BCUT2D eigenvalue weighted by molar-refractivity contribution is 6.01. The SMILES string of the molecule is CC1CCC2(CC1C)OC(=O)N=C2N. The third-order valence-corrected chi connectivity index (χ3v) is 3.59. The number of amidine groups is 1. The molecule has 0 saturated heterocycles. The van der Waals surface area contributed by atoms with Crippen molar-refractivity contribution in [3.63, 3.8) is 0 Å². The van der Waals surface area contributed by atoms with Crippen LogP contribution in [0.25, 0.3) is 0 Å². The Hall–Kier alpha value is -1.06. The van der Waals surface area contributed by atoms with E-state index in [4.69, 9.17) is 10.5 Å². The number of hydrogen-bond acceptors (Lipinski definition) is 3. The van der Waals surface area contributed by atoms with Gasteiger partial charge in [0.2, 0.25) is 0 Å². The van der Waals surface area contributed by atoms with Crippen molar-refractivity contribution < 1.29 is 9.53 Å². The lowest BCUT2D eigenvalue weighted by molar-refractivity contribution is 0.0221. The first-order chi connectivity index (χ1) is 6.53. The lowest BCUT2D eigenvalue weighted by atomic mass is 9.73. The molecule has 1 saturated carbocycles. The number of nitrogens with two attached hydrogens (primary N) is 1. The topological polar surface area (TPSA) is 64.7 Å². The van der Waals surface area contributed by atoms with Crippen LogP contribution in [-0.2, 0) is 4.74 Å². The van der Waals surface area contributed by atoms with E-state index < -0.39 is 11.7 Å². The Labute approximate surface area is 83.5 Å². The number of amides is 1. The van der Waals surface area contributed by atoms with E-state index in [0.29, 0.717) is 17.7 Å². The van der Waals surface area contributed by atoms with Gasteiger partial charge < -0.3 is 10.5 Å². The smallest absolute Gasteiger partial charge is 0.433 e. The first kappa shape index (κ1) is 9.49. The molecule has 1 fully saturated rings.